The number of halogens is 1. The van der Waals surface area contributed by atoms with E-state index in [1.165, 1.54) is 28.4 Å². The number of carbonyl (C=O) groups is 2. The number of nitrogens with one attached hydrogen (secondary N) is 1. The van der Waals surface area contributed by atoms with Gasteiger partial charge in [0.25, 0.3) is 5.91 Å². The van der Waals surface area contributed by atoms with Gasteiger partial charge in [0.05, 0.1) is 4.88 Å². The highest BCUT2D eigenvalue weighted by molar-refractivity contribution is 7.12. The lowest BCUT2D eigenvalue weighted by Crippen LogP contribution is -2.52. The van der Waals surface area contributed by atoms with Crippen molar-refractivity contribution in [3.8, 4) is 0 Å². The summed E-state index contributed by atoms with van der Waals surface area (Å²) in [5.41, 5.74) is 0.610. The number of carbonyl (C=O) groups excluding carboxylic acids is 2. The van der Waals surface area contributed by atoms with Gasteiger partial charge in [0.1, 0.15) is 11.9 Å². The Kier molecular flexibility index (Phi) is 3.70. The summed E-state index contributed by atoms with van der Waals surface area (Å²) in [7, 11) is 0. The molecule has 2 heterocycles. The Balaban J connectivity index is 1.95. The molecule has 108 valence electrons. The van der Waals surface area contributed by atoms with Crippen LogP contribution >= 0.6 is 11.3 Å². The van der Waals surface area contributed by atoms with Crippen LogP contribution < -0.4 is 5.32 Å². The monoisotopic (exact) mass is 304 g/mol. The van der Waals surface area contributed by atoms with Crippen LogP contribution in [0.1, 0.15) is 21.3 Å². The van der Waals surface area contributed by atoms with E-state index < -0.39 is 6.04 Å². The second-order valence-electron chi connectivity index (χ2n) is 4.72. The fourth-order valence-corrected chi connectivity index (χ4v) is 3.08. The topological polar surface area (TPSA) is 49.4 Å². The lowest BCUT2D eigenvalue weighted by atomic mass is 10.0. The summed E-state index contributed by atoms with van der Waals surface area (Å²) >= 11 is 1.34. The number of nitrogens with zero attached hydrogens (tertiary/aromatic N) is 1. The van der Waals surface area contributed by atoms with Crippen LogP contribution in [0, 0.1) is 5.82 Å². The molecule has 0 radical (unpaired) electrons. The highest BCUT2D eigenvalue weighted by atomic mass is 32.1. The Morgan fingerprint density at radius 3 is 2.71 bits per heavy atom. The van der Waals surface area contributed by atoms with Crippen molar-refractivity contribution in [2.24, 2.45) is 0 Å². The Morgan fingerprint density at radius 2 is 2.05 bits per heavy atom. The molecule has 2 amide bonds. The molecule has 2 aromatic rings. The zero-order valence-electron chi connectivity index (χ0n) is 11.1. The Morgan fingerprint density at radius 1 is 1.29 bits per heavy atom. The first-order chi connectivity index (χ1) is 10.2. The molecule has 21 heavy (non-hydrogen) atoms. The molecule has 1 unspecified atom stereocenters. The van der Waals surface area contributed by atoms with Gasteiger partial charge in [-0.25, -0.2) is 4.39 Å². The van der Waals surface area contributed by atoms with Gasteiger partial charge in [-0.15, -0.1) is 11.3 Å². The number of hydrogen-bond acceptors (Lipinski definition) is 3. The van der Waals surface area contributed by atoms with E-state index in [1.807, 2.05) is 5.38 Å². The fraction of sp³-hybridized carbons (Fsp3) is 0.200. The van der Waals surface area contributed by atoms with E-state index in [0.717, 1.165) is 0 Å². The molecule has 1 aliphatic rings. The van der Waals surface area contributed by atoms with Crippen LogP contribution in [0.2, 0.25) is 0 Å². The second-order valence-corrected chi connectivity index (χ2v) is 5.67. The number of rotatable bonds is 2. The van der Waals surface area contributed by atoms with Crippen LogP contribution in [-0.2, 0) is 4.79 Å². The van der Waals surface area contributed by atoms with E-state index in [2.05, 4.69) is 5.32 Å². The van der Waals surface area contributed by atoms with Crippen LogP contribution in [0.3, 0.4) is 0 Å². The summed E-state index contributed by atoms with van der Waals surface area (Å²) in [6.45, 7) is 0.859. The number of piperazine rings is 1. The molecule has 0 aliphatic carbocycles. The third kappa shape index (κ3) is 2.67. The summed E-state index contributed by atoms with van der Waals surface area (Å²) in [4.78, 5) is 26.8. The minimum absolute atomic E-state index is 0.172. The summed E-state index contributed by atoms with van der Waals surface area (Å²) < 4.78 is 13.1. The molecular formula is C15H13FN2O2S. The van der Waals surface area contributed by atoms with E-state index >= 15 is 0 Å². The van der Waals surface area contributed by atoms with Gasteiger partial charge in [-0.3, -0.25) is 9.59 Å². The highest BCUT2D eigenvalue weighted by Crippen LogP contribution is 2.26. The molecule has 3 rings (SSSR count). The van der Waals surface area contributed by atoms with Crippen molar-refractivity contribution in [3.63, 3.8) is 0 Å². The molecule has 0 spiro atoms. The number of thiophene rings is 1. The SMILES string of the molecule is O=C1NCCN(C(=O)c2cccs2)C1c1ccc(F)cc1. The first-order valence-electron chi connectivity index (χ1n) is 6.54. The maximum atomic E-state index is 13.1. The maximum absolute atomic E-state index is 13.1. The Bertz CT molecular complexity index is 655. The van der Waals surface area contributed by atoms with Crippen LogP contribution in [-0.4, -0.2) is 29.8 Å². The smallest absolute Gasteiger partial charge is 0.264 e. The standard InChI is InChI=1S/C15H13FN2O2S/c16-11-5-3-10(4-6-11)13-14(19)17-7-8-18(13)15(20)12-2-1-9-21-12/h1-6,9,13H,7-8H2,(H,17,19). The van der Waals surface area contributed by atoms with E-state index in [0.29, 0.717) is 23.5 Å². The third-order valence-electron chi connectivity index (χ3n) is 3.39. The molecule has 1 aliphatic heterocycles. The van der Waals surface area contributed by atoms with E-state index in [-0.39, 0.29) is 17.6 Å². The van der Waals surface area contributed by atoms with Crippen LogP contribution in [0.5, 0.6) is 0 Å². The van der Waals surface area contributed by atoms with Crippen molar-refractivity contribution in [1.82, 2.24) is 10.2 Å². The average Bonchev–Trinajstić information content (AvgIpc) is 3.02. The van der Waals surface area contributed by atoms with Crippen LogP contribution in [0.4, 0.5) is 4.39 Å². The molecule has 1 aromatic heterocycles. The van der Waals surface area contributed by atoms with Crippen molar-refractivity contribution in [2.45, 2.75) is 6.04 Å². The number of hydrogen-bond donors (Lipinski definition) is 1. The molecule has 1 atom stereocenters. The average molecular weight is 304 g/mol. The first kappa shape index (κ1) is 13.8. The molecule has 1 saturated heterocycles. The molecule has 0 bridgehead atoms. The predicted octanol–water partition coefficient (Wildman–Crippen LogP) is 2.20. The lowest BCUT2D eigenvalue weighted by Gasteiger charge is -2.35. The minimum atomic E-state index is -0.714. The van der Waals surface area contributed by atoms with Gasteiger partial charge in [0.15, 0.2) is 0 Å². The highest BCUT2D eigenvalue weighted by Gasteiger charge is 2.35. The van der Waals surface area contributed by atoms with Crippen molar-refractivity contribution >= 4 is 23.2 Å². The normalized spacial score (nSPS) is 18.4. The quantitative estimate of drug-likeness (QED) is 0.924. The van der Waals surface area contributed by atoms with Gasteiger partial charge < -0.3 is 10.2 Å². The van der Waals surface area contributed by atoms with E-state index in [1.54, 1.807) is 24.3 Å². The van der Waals surface area contributed by atoms with Gasteiger partial charge in [-0.2, -0.15) is 0 Å². The summed E-state index contributed by atoms with van der Waals surface area (Å²) in [5.74, 6) is -0.780. The summed E-state index contributed by atoms with van der Waals surface area (Å²) in [5, 5.41) is 4.58. The maximum Gasteiger partial charge on any atom is 0.264 e. The summed E-state index contributed by atoms with van der Waals surface area (Å²) in [6.07, 6.45) is 0. The van der Waals surface area contributed by atoms with Crippen molar-refractivity contribution in [1.29, 1.82) is 0 Å². The molecular weight excluding hydrogens is 291 g/mol. The van der Waals surface area contributed by atoms with Gasteiger partial charge in [-0.05, 0) is 29.1 Å². The van der Waals surface area contributed by atoms with Crippen LogP contribution in [0.25, 0.3) is 0 Å². The number of benzene rings is 1. The van der Waals surface area contributed by atoms with E-state index in [9.17, 15) is 14.0 Å². The molecule has 1 aromatic carbocycles. The van der Waals surface area contributed by atoms with Gasteiger partial charge in [-0.1, -0.05) is 18.2 Å². The lowest BCUT2D eigenvalue weighted by molar-refractivity contribution is -0.128. The first-order valence-corrected chi connectivity index (χ1v) is 7.42. The van der Waals surface area contributed by atoms with E-state index in [4.69, 9.17) is 0 Å². The zero-order valence-corrected chi connectivity index (χ0v) is 11.9. The number of amides is 2. The van der Waals surface area contributed by atoms with Crippen molar-refractivity contribution < 1.29 is 14.0 Å². The minimum Gasteiger partial charge on any atom is -0.352 e. The molecule has 1 N–H and O–H groups in total. The van der Waals surface area contributed by atoms with Gasteiger partial charge in [0, 0.05) is 13.1 Å². The predicted molar refractivity (Wildman–Crippen MR) is 77.5 cm³/mol. The zero-order chi connectivity index (χ0) is 14.8. The molecule has 1 fully saturated rings. The second kappa shape index (κ2) is 5.65. The summed E-state index contributed by atoms with van der Waals surface area (Å²) in [6, 6.07) is 8.50. The molecule has 0 saturated carbocycles. The molecule has 4 nitrogen and oxygen atoms in total. The largest absolute Gasteiger partial charge is 0.352 e. The fourth-order valence-electron chi connectivity index (χ4n) is 2.40. The Hall–Kier alpha value is -2.21. The third-order valence-corrected chi connectivity index (χ3v) is 4.25. The van der Waals surface area contributed by atoms with Crippen LogP contribution in [0.15, 0.2) is 41.8 Å². The Labute approximate surface area is 125 Å². The van der Waals surface area contributed by atoms with Crippen molar-refractivity contribution in [3.05, 3.63) is 58.0 Å². The van der Waals surface area contributed by atoms with Gasteiger partial charge >= 0.3 is 0 Å². The van der Waals surface area contributed by atoms with Gasteiger partial charge in [0.2, 0.25) is 5.91 Å². The van der Waals surface area contributed by atoms with Crippen molar-refractivity contribution in [2.75, 3.05) is 13.1 Å². The molecule has 6 heteroatoms.